The monoisotopic (exact) mass is 405 g/mol. The van der Waals surface area contributed by atoms with Crippen LogP contribution in [0.15, 0.2) is 54.7 Å². The molecule has 2 saturated heterocycles. The van der Waals surface area contributed by atoms with Crippen LogP contribution in [0.2, 0.25) is 0 Å². The minimum atomic E-state index is -1.38. The third-order valence-corrected chi connectivity index (χ3v) is 5.95. The molecular formula is C23H23N3O4. The molecule has 3 aromatic rings. The van der Waals surface area contributed by atoms with Gasteiger partial charge in [-0.15, -0.1) is 0 Å². The normalized spacial score (nSPS) is 18.3. The van der Waals surface area contributed by atoms with Crippen molar-refractivity contribution in [3.63, 3.8) is 0 Å². The van der Waals surface area contributed by atoms with Gasteiger partial charge in [-0.25, -0.2) is 0 Å². The summed E-state index contributed by atoms with van der Waals surface area (Å²) in [6, 6.07) is 15.9. The van der Waals surface area contributed by atoms with E-state index in [-0.39, 0.29) is 25.0 Å². The Morgan fingerprint density at radius 3 is 2.23 bits per heavy atom. The Hall–Kier alpha value is -3.16. The molecule has 30 heavy (non-hydrogen) atoms. The molecule has 0 saturated carbocycles. The quantitative estimate of drug-likeness (QED) is 0.697. The van der Waals surface area contributed by atoms with Gasteiger partial charge in [0.05, 0.1) is 13.2 Å². The van der Waals surface area contributed by atoms with Gasteiger partial charge >= 0.3 is 0 Å². The summed E-state index contributed by atoms with van der Waals surface area (Å²) >= 11 is 0. The summed E-state index contributed by atoms with van der Waals surface area (Å²) in [7, 11) is 0. The predicted octanol–water partition coefficient (Wildman–Crippen LogP) is 1.88. The van der Waals surface area contributed by atoms with Crippen LogP contribution in [0.3, 0.4) is 0 Å². The molecule has 0 aliphatic carbocycles. The van der Waals surface area contributed by atoms with E-state index in [0.717, 1.165) is 22.0 Å². The van der Waals surface area contributed by atoms with Crippen LogP contribution in [0.4, 0.5) is 0 Å². The lowest BCUT2D eigenvalue weighted by Crippen LogP contribution is -2.64. The number of benzene rings is 2. The highest BCUT2D eigenvalue weighted by molar-refractivity contribution is 5.95. The average molecular weight is 405 g/mol. The van der Waals surface area contributed by atoms with Crippen molar-refractivity contribution in [2.45, 2.75) is 5.60 Å². The lowest BCUT2D eigenvalue weighted by molar-refractivity contribution is -0.201. The first kappa shape index (κ1) is 18.8. The molecule has 7 nitrogen and oxygen atoms in total. The molecule has 7 heteroatoms. The molecule has 5 rings (SSSR count). The number of aliphatic hydroxyl groups is 1. The number of fused-ring (bicyclic) bond motifs is 1. The first-order chi connectivity index (χ1) is 14.5. The number of piperazine rings is 1. The maximum Gasteiger partial charge on any atom is 0.259 e. The number of carbonyl (C=O) groups excluding carboxylic acids is 2. The van der Waals surface area contributed by atoms with E-state index in [4.69, 9.17) is 4.74 Å². The highest BCUT2D eigenvalue weighted by Crippen LogP contribution is 2.25. The molecule has 0 atom stereocenters. The predicted molar refractivity (Wildman–Crippen MR) is 112 cm³/mol. The van der Waals surface area contributed by atoms with Crippen molar-refractivity contribution in [1.82, 2.24) is 14.8 Å². The van der Waals surface area contributed by atoms with E-state index in [2.05, 4.69) is 23.2 Å². The van der Waals surface area contributed by atoms with E-state index < -0.39 is 5.60 Å². The Balaban J connectivity index is 1.24. The van der Waals surface area contributed by atoms with Gasteiger partial charge in [0.15, 0.2) is 5.60 Å². The molecule has 2 aliphatic rings. The fourth-order valence-electron chi connectivity index (χ4n) is 4.05. The Kier molecular flexibility index (Phi) is 4.56. The Bertz CT molecular complexity index is 1090. The van der Waals surface area contributed by atoms with Crippen LogP contribution in [0.1, 0.15) is 10.4 Å². The fourth-order valence-corrected chi connectivity index (χ4v) is 4.05. The van der Waals surface area contributed by atoms with Gasteiger partial charge in [0, 0.05) is 43.5 Å². The van der Waals surface area contributed by atoms with Crippen molar-refractivity contribution in [2.75, 3.05) is 39.4 Å². The van der Waals surface area contributed by atoms with Crippen molar-refractivity contribution in [1.29, 1.82) is 0 Å². The SMILES string of the molecule is O=C(c1ccc(-c2ccc3[nH]ccc3c2)cc1)N1CCN(C(=O)C2(O)COC2)CC1. The second kappa shape index (κ2) is 7.27. The number of rotatable bonds is 3. The van der Waals surface area contributed by atoms with Crippen molar-refractivity contribution in [3.8, 4) is 11.1 Å². The van der Waals surface area contributed by atoms with Crippen LogP contribution in [0.5, 0.6) is 0 Å². The van der Waals surface area contributed by atoms with Gasteiger partial charge in [-0.3, -0.25) is 9.59 Å². The van der Waals surface area contributed by atoms with Gasteiger partial charge in [0.1, 0.15) is 0 Å². The molecule has 154 valence electrons. The van der Waals surface area contributed by atoms with E-state index in [1.807, 2.05) is 36.5 Å². The molecule has 0 bridgehead atoms. The maximum absolute atomic E-state index is 12.9. The second-order valence-electron chi connectivity index (χ2n) is 7.97. The molecule has 2 aromatic carbocycles. The Morgan fingerprint density at radius 2 is 1.57 bits per heavy atom. The lowest BCUT2D eigenvalue weighted by atomic mass is 10.00. The van der Waals surface area contributed by atoms with Crippen molar-refractivity contribution >= 4 is 22.7 Å². The van der Waals surface area contributed by atoms with E-state index >= 15 is 0 Å². The minimum Gasteiger partial charge on any atom is -0.376 e. The standard InChI is InChI=1S/C23H23N3O4/c27-21(25-9-11-26(12-10-25)22(28)23(29)14-30-15-23)17-3-1-16(2-4-17)18-5-6-20-19(13-18)7-8-24-20/h1-8,13,24,29H,9-12,14-15H2. The zero-order valence-electron chi connectivity index (χ0n) is 16.5. The zero-order valence-corrected chi connectivity index (χ0v) is 16.5. The number of aromatic nitrogens is 1. The number of carbonyl (C=O) groups is 2. The third-order valence-electron chi connectivity index (χ3n) is 5.95. The number of nitrogens with zero attached hydrogens (tertiary/aromatic N) is 2. The molecule has 0 spiro atoms. The number of nitrogens with one attached hydrogen (secondary N) is 1. The van der Waals surface area contributed by atoms with E-state index in [1.165, 1.54) is 0 Å². The number of aromatic amines is 1. The first-order valence-electron chi connectivity index (χ1n) is 10.1. The molecule has 2 aliphatic heterocycles. The van der Waals surface area contributed by atoms with Gasteiger partial charge in [-0.05, 0) is 46.8 Å². The van der Waals surface area contributed by atoms with Gasteiger partial charge in [0.25, 0.3) is 11.8 Å². The summed E-state index contributed by atoms with van der Waals surface area (Å²) in [5.74, 6) is -0.343. The largest absolute Gasteiger partial charge is 0.376 e. The maximum atomic E-state index is 12.9. The van der Waals surface area contributed by atoms with Crippen LogP contribution in [-0.4, -0.2) is 76.7 Å². The molecular weight excluding hydrogens is 382 g/mol. The molecule has 2 fully saturated rings. The summed E-state index contributed by atoms with van der Waals surface area (Å²) in [5, 5.41) is 11.3. The number of amides is 2. The fraction of sp³-hybridized carbons (Fsp3) is 0.304. The molecule has 2 N–H and O–H groups in total. The number of hydrogen-bond acceptors (Lipinski definition) is 4. The molecule has 0 unspecified atom stereocenters. The van der Waals surface area contributed by atoms with Crippen LogP contribution in [0, 0.1) is 0 Å². The van der Waals surface area contributed by atoms with Gasteiger partial charge < -0.3 is 24.6 Å². The highest BCUT2D eigenvalue weighted by atomic mass is 16.5. The molecule has 2 amide bonds. The van der Waals surface area contributed by atoms with Gasteiger partial charge in [0.2, 0.25) is 0 Å². The van der Waals surface area contributed by atoms with Crippen LogP contribution in [-0.2, 0) is 9.53 Å². The van der Waals surface area contributed by atoms with Crippen molar-refractivity contribution in [2.24, 2.45) is 0 Å². The topological polar surface area (TPSA) is 85.9 Å². The summed E-state index contributed by atoms with van der Waals surface area (Å²) in [6.07, 6.45) is 1.92. The summed E-state index contributed by atoms with van der Waals surface area (Å²) in [4.78, 5) is 31.8. The molecule has 1 aromatic heterocycles. The second-order valence-corrected chi connectivity index (χ2v) is 7.97. The summed E-state index contributed by atoms with van der Waals surface area (Å²) in [6.45, 7) is 1.84. The highest BCUT2D eigenvalue weighted by Gasteiger charge is 2.46. The average Bonchev–Trinajstić information content (AvgIpc) is 3.24. The summed E-state index contributed by atoms with van der Waals surface area (Å²) in [5.41, 5.74) is 2.50. The zero-order chi connectivity index (χ0) is 20.7. The molecule has 0 radical (unpaired) electrons. The van der Waals surface area contributed by atoms with Crippen molar-refractivity contribution < 1.29 is 19.4 Å². The summed E-state index contributed by atoms with van der Waals surface area (Å²) < 4.78 is 4.96. The van der Waals surface area contributed by atoms with Gasteiger partial charge in [-0.1, -0.05) is 18.2 Å². The van der Waals surface area contributed by atoms with Crippen LogP contribution < -0.4 is 0 Å². The molecule has 3 heterocycles. The van der Waals surface area contributed by atoms with Gasteiger partial charge in [-0.2, -0.15) is 0 Å². The number of ether oxygens (including phenoxy) is 1. The smallest absolute Gasteiger partial charge is 0.259 e. The van der Waals surface area contributed by atoms with Crippen LogP contribution in [0.25, 0.3) is 22.0 Å². The van der Waals surface area contributed by atoms with Crippen molar-refractivity contribution in [3.05, 3.63) is 60.3 Å². The first-order valence-corrected chi connectivity index (χ1v) is 10.1. The Labute approximate surface area is 173 Å². The third kappa shape index (κ3) is 3.26. The lowest BCUT2D eigenvalue weighted by Gasteiger charge is -2.42. The van der Waals surface area contributed by atoms with Crippen LogP contribution >= 0.6 is 0 Å². The Morgan fingerprint density at radius 1 is 0.900 bits per heavy atom. The van der Waals surface area contributed by atoms with E-state index in [0.29, 0.717) is 31.7 Å². The minimum absolute atomic E-state index is 0.0413. The number of hydrogen-bond donors (Lipinski definition) is 2. The number of H-pyrrole nitrogens is 1. The van der Waals surface area contributed by atoms with E-state index in [1.54, 1.807) is 9.80 Å². The van der Waals surface area contributed by atoms with E-state index in [9.17, 15) is 14.7 Å².